The lowest BCUT2D eigenvalue weighted by atomic mass is 10.0. The summed E-state index contributed by atoms with van der Waals surface area (Å²) in [4.78, 5) is 9.00. The molecule has 3 heterocycles. The molecule has 8 nitrogen and oxygen atoms in total. The highest BCUT2D eigenvalue weighted by Gasteiger charge is 2.12. The van der Waals surface area contributed by atoms with E-state index < -0.39 is 0 Å². The Hall–Kier alpha value is -3.42. The lowest BCUT2D eigenvalue weighted by molar-refractivity contribution is 0.573. The van der Waals surface area contributed by atoms with E-state index >= 15 is 0 Å². The molecule has 0 aliphatic rings. The first-order chi connectivity index (χ1) is 13.2. The number of aromatic nitrogens is 8. The van der Waals surface area contributed by atoms with E-state index in [0.29, 0.717) is 5.82 Å². The van der Waals surface area contributed by atoms with E-state index in [1.165, 1.54) is 5.56 Å². The lowest BCUT2D eigenvalue weighted by Crippen LogP contribution is -2.06. The molecule has 136 valence electrons. The fourth-order valence-corrected chi connectivity index (χ4v) is 3.09. The minimum absolute atomic E-state index is 0.554. The van der Waals surface area contributed by atoms with Crippen LogP contribution in [0.2, 0.25) is 0 Å². The molecule has 0 atom stereocenters. The van der Waals surface area contributed by atoms with Gasteiger partial charge in [-0.2, -0.15) is 5.10 Å². The van der Waals surface area contributed by atoms with E-state index in [4.69, 9.17) is 0 Å². The van der Waals surface area contributed by atoms with Crippen LogP contribution in [0.4, 0.5) is 0 Å². The Morgan fingerprint density at radius 2 is 1.96 bits per heavy atom. The van der Waals surface area contributed by atoms with Crippen molar-refractivity contribution < 1.29 is 0 Å². The van der Waals surface area contributed by atoms with Crippen molar-refractivity contribution in [2.75, 3.05) is 0 Å². The maximum absolute atomic E-state index is 4.57. The topological polar surface area (TPSA) is 98.1 Å². The Morgan fingerprint density at radius 3 is 2.70 bits per heavy atom. The zero-order valence-electron chi connectivity index (χ0n) is 15.3. The summed E-state index contributed by atoms with van der Waals surface area (Å²) in [5.41, 5.74) is 3.96. The van der Waals surface area contributed by atoms with Gasteiger partial charge in [-0.1, -0.05) is 37.3 Å². The van der Waals surface area contributed by atoms with Gasteiger partial charge in [-0.25, -0.2) is 14.8 Å². The molecular formula is C19H20N8. The maximum atomic E-state index is 4.57. The Morgan fingerprint density at radius 1 is 1.11 bits per heavy atom. The van der Waals surface area contributed by atoms with Gasteiger partial charge in [0.2, 0.25) is 0 Å². The molecule has 4 rings (SSSR count). The second-order valence-electron chi connectivity index (χ2n) is 6.32. The van der Waals surface area contributed by atoms with Crippen molar-refractivity contribution in [3.8, 4) is 22.6 Å². The normalized spacial score (nSPS) is 11.0. The summed E-state index contributed by atoms with van der Waals surface area (Å²) >= 11 is 0. The molecule has 0 aliphatic heterocycles. The van der Waals surface area contributed by atoms with Gasteiger partial charge >= 0.3 is 0 Å². The van der Waals surface area contributed by atoms with Gasteiger partial charge < -0.3 is 0 Å². The average molecular weight is 360 g/mol. The first kappa shape index (κ1) is 17.0. The fourth-order valence-electron chi connectivity index (χ4n) is 3.09. The van der Waals surface area contributed by atoms with E-state index in [-0.39, 0.29) is 0 Å². The van der Waals surface area contributed by atoms with E-state index in [1.54, 1.807) is 6.20 Å². The Kier molecular flexibility index (Phi) is 4.69. The van der Waals surface area contributed by atoms with Crippen LogP contribution in [0, 0.1) is 6.92 Å². The van der Waals surface area contributed by atoms with Gasteiger partial charge in [-0.05, 0) is 41.0 Å². The Balaban J connectivity index is 1.61. The smallest absolute Gasteiger partial charge is 0.198 e. The number of nitrogens with one attached hydrogen (secondary N) is 1. The third kappa shape index (κ3) is 3.59. The number of nitrogens with zero attached hydrogens (tertiary/aromatic N) is 7. The van der Waals surface area contributed by atoms with Crippen molar-refractivity contribution in [1.82, 2.24) is 40.4 Å². The molecule has 3 aromatic heterocycles. The first-order valence-electron chi connectivity index (χ1n) is 8.93. The minimum Gasteiger partial charge on any atom is -0.252 e. The summed E-state index contributed by atoms with van der Waals surface area (Å²) in [5, 5.41) is 18.5. The minimum atomic E-state index is 0.554. The molecule has 27 heavy (non-hydrogen) atoms. The Bertz CT molecular complexity index is 1020. The van der Waals surface area contributed by atoms with E-state index in [2.05, 4.69) is 66.9 Å². The number of tetrazole rings is 1. The van der Waals surface area contributed by atoms with E-state index in [1.807, 2.05) is 23.7 Å². The maximum Gasteiger partial charge on any atom is 0.198 e. The molecular weight excluding hydrogens is 340 g/mol. The highest BCUT2D eigenvalue weighted by atomic mass is 15.5. The molecule has 0 spiro atoms. The standard InChI is InChI=1S/C19H20N8/c1-3-11-27-17(21-13(2)24-27)12-14-6-8-15(9-7-14)16-5-4-10-20-18(16)19-22-25-26-23-19/h4-10H,3,11-12H2,1-2H3,(H,22,23,25,26). The van der Waals surface area contributed by atoms with Gasteiger partial charge in [0.15, 0.2) is 5.82 Å². The van der Waals surface area contributed by atoms with Crippen LogP contribution in [0.25, 0.3) is 22.6 Å². The predicted molar refractivity (Wildman–Crippen MR) is 101 cm³/mol. The zero-order chi connectivity index (χ0) is 18.6. The molecule has 1 aromatic carbocycles. The van der Waals surface area contributed by atoms with Crippen molar-refractivity contribution in [1.29, 1.82) is 0 Å². The van der Waals surface area contributed by atoms with Gasteiger partial charge in [-0.3, -0.25) is 4.98 Å². The van der Waals surface area contributed by atoms with Crippen molar-refractivity contribution in [2.24, 2.45) is 0 Å². The van der Waals surface area contributed by atoms with Crippen LogP contribution in [0.3, 0.4) is 0 Å². The highest BCUT2D eigenvalue weighted by molar-refractivity contribution is 5.77. The largest absolute Gasteiger partial charge is 0.252 e. The molecule has 0 radical (unpaired) electrons. The molecule has 8 heteroatoms. The van der Waals surface area contributed by atoms with Crippen molar-refractivity contribution in [3.05, 3.63) is 59.8 Å². The SMILES string of the molecule is CCCn1nc(C)nc1Cc1ccc(-c2cccnc2-c2nnn[nH]2)cc1. The number of aromatic amines is 1. The number of benzene rings is 1. The van der Waals surface area contributed by atoms with Crippen molar-refractivity contribution >= 4 is 0 Å². The summed E-state index contributed by atoms with van der Waals surface area (Å²) in [7, 11) is 0. The van der Waals surface area contributed by atoms with Crippen LogP contribution >= 0.6 is 0 Å². The molecule has 0 unspecified atom stereocenters. The van der Waals surface area contributed by atoms with E-state index in [9.17, 15) is 0 Å². The van der Waals surface area contributed by atoms with Crippen LogP contribution in [0.5, 0.6) is 0 Å². The third-order valence-corrected chi connectivity index (χ3v) is 4.29. The molecule has 0 aliphatic carbocycles. The van der Waals surface area contributed by atoms with Crippen molar-refractivity contribution in [3.63, 3.8) is 0 Å². The average Bonchev–Trinajstić information content (AvgIpc) is 3.33. The molecule has 0 bridgehead atoms. The predicted octanol–water partition coefficient (Wildman–Crippen LogP) is 2.83. The summed E-state index contributed by atoms with van der Waals surface area (Å²) < 4.78 is 2.00. The van der Waals surface area contributed by atoms with Gasteiger partial charge in [0.25, 0.3) is 0 Å². The summed E-state index contributed by atoms with van der Waals surface area (Å²) in [5.74, 6) is 2.37. The molecule has 0 saturated carbocycles. The third-order valence-electron chi connectivity index (χ3n) is 4.29. The highest BCUT2D eigenvalue weighted by Crippen LogP contribution is 2.28. The summed E-state index contributed by atoms with van der Waals surface area (Å²) in [6.45, 7) is 4.96. The molecule has 4 aromatic rings. The van der Waals surface area contributed by atoms with Gasteiger partial charge in [0.05, 0.1) is 0 Å². The number of hydrogen-bond donors (Lipinski definition) is 1. The van der Waals surface area contributed by atoms with Crippen LogP contribution in [0.15, 0.2) is 42.6 Å². The monoisotopic (exact) mass is 360 g/mol. The molecule has 0 amide bonds. The second-order valence-corrected chi connectivity index (χ2v) is 6.32. The molecule has 1 N–H and O–H groups in total. The van der Waals surface area contributed by atoms with Gasteiger partial charge in [0, 0.05) is 24.7 Å². The number of pyridine rings is 1. The van der Waals surface area contributed by atoms with Crippen LogP contribution < -0.4 is 0 Å². The van der Waals surface area contributed by atoms with Crippen LogP contribution in [-0.2, 0) is 13.0 Å². The fraction of sp³-hybridized carbons (Fsp3) is 0.263. The second kappa shape index (κ2) is 7.45. The zero-order valence-corrected chi connectivity index (χ0v) is 15.3. The quantitative estimate of drug-likeness (QED) is 0.568. The van der Waals surface area contributed by atoms with Gasteiger partial charge in [0.1, 0.15) is 17.3 Å². The lowest BCUT2D eigenvalue weighted by Gasteiger charge is -2.08. The number of H-pyrrole nitrogens is 1. The molecule has 0 fully saturated rings. The number of hydrogen-bond acceptors (Lipinski definition) is 6. The summed E-state index contributed by atoms with van der Waals surface area (Å²) in [6, 6.07) is 12.3. The van der Waals surface area contributed by atoms with Crippen LogP contribution in [0.1, 0.15) is 30.6 Å². The van der Waals surface area contributed by atoms with Crippen LogP contribution in [-0.4, -0.2) is 40.4 Å². The Labute approximate surface area is 156 Å². The molecule has 0 saturated heterocycles. The van der Waals surface area contributed by atoms with Gasteiger partial charge in [-0.15, -0.1) is 5.10 Å². The van der Waals surface area contributed by atoms with E-state index in [0.717, 1.165) is 47.9 Å². The number of aryl methyl sites for hydroxylation is 2. The number of rotatable bonds is 6. The summed E-state index contributed by atoms with van der Waals surface area (Å²) in [6.07, 6.45) is 3.53. The first-order valence-corrected chi connectivity index (χ1v) is 8.93. The van der Waals surface area contributed by atoms with Crippen molar-refractivity contribution in [2.45, 2.75) is 33.2 Å².